The third-order valence-electron chi connectivity index (χ3n) is 4.51. The van der Waals surface area contributed by atoms with Crippen molar-refractivity contribution in [2.45, 2.75) is 58.1 Å². The molecule has 0 saturated carbocycles. The molecule has 1 aliphatic rings. The number of oxazole rings is 1. The van der Waals surface area contributed by atoms with Crippen LogP contribution >= 0.6 is 0 Å². The van der Waals surface area contributed by atoms with Gasteiger partial charge in [0.05, 0.1) is 0 Å². The maximum Gasteiger partial charge on any atom is 0.407 e. The van der Waals surface area contributed by atoms with Crippen molar-refractivity contribution < 1.29 is 13.9 Å². The van der Waals surface area contributed by atoms with Crippen LogP contribution in [0.4, 0.5) is 4.79 Å². The van der Waals surface area contributed by atoms with Crippen molar-refractivity contribution in [1.29, 1.82) is 0 Å². The molecule has 26 heavy (non-hydrogen) atoms. The number of nitrogens with one attached hydrogen (secondary N) is 1. The SMILES string of the molecule is CC(C)(C)OC(=O)NC1CCN(CCCc2nc3ccccc3o2)CC1. The molecule has 1 N–H and O–H groups in total. The summed E-state index contributed by atoms with van der Waals surface area (Å²) in [5.41, 5.74) is 1.34. The third kappa shape index (κ3) is 5.46. The summed E-state index contributed by atoms with van der Waals surface area (Å²) in [5, 5.41) is 2.98. The number of para-hydroxylation sites is 2. The van der Waals surface area contributed by atoms with Crippen LogP contribution in [0.15, 0.2) is 28.7 Å². The lowest BCUT2D eigenvalue weighted by atomic mass is 10.0. The third-order valence-corrected chi connectivity index (χ3v) is 4.51. The van der Waals surface area contributed by atoms with Gasteiger partial charge in [0.1, 0.15) is 11.1 Å². The average Bonchev–Trinajstić information content (AvgIpc) is 2.97. The lowest BCUT2D eigenvalue weighted by Gasteiger charge is -2.32. The number of nitrogens with zero attached hydrogens (tertiary/aromatic N) is 2. The highest BCUT2D eigenvalue weighted by molar-refractivity contribution is 5.72. The first-order valence-corrected chi connectivity index (χ1v) is 9.45. The van der Waals surface area contributed by atoms with Gasteiger partial charge in [-0.1, -0.05) is 12.1 Å². The summed E-state index contributed by atoms with van der Waals surface area (Å²) in [6.45, 7) is 8.66. The van der Waals surface area contributed by atoms with Gasteiger partial charge in [0.25, 0.3) is 0 Å². The van der Waals surface area contributed by atoms with E-state index in [1.54, 1.807) is 0 Å². The Morgan fingerprint density at radius 1 is 1.31 bits per heavy atom. The monoisotopic (exact) mass is 359 g/mol. The van der Waals surface area contributed by atoms with Gasteiger partial charge >= 0.3 is 6.09 Å². The lowest BCUT2D eigenvalue weighted by Crippen LogP contribution is -2.46. The van der Waals surface area contributed by atoms with E-state index >= 15 is 0 Å². The van der Waals surface area contributed by atoms with Crippen molar-refractivity contribution in [2.75, 3.05) is 19.6 Å². The second-order valence-corrected chi connectivity index (χ2v) is 7.94. The quantitative estimate of drug-likeness (QED) is 0.881. The van der Waals surface area contributed by atoms with Crippen molar-refractivity contribution in [1.82, 2.24) is 15.2 Å². The number of aryl methyl sites for hydroxylation is 1. The van der Waals surface area contributed by atoms with Crippen molar-refractivity contribution in [3.63, 3.8) is 0 Å². The fourth-order valence-electron chi connectivity index (χ4n) is 3.26. The van der Waals surface area contributed by atoms with Crippen molar-refractivity contribution in [3.8, 4) is 0 Å². The molecule has 2 aromatic rings. The molecule has 6 heteroatoms. The molecule has 1 aromatic heterocycles. The first kappa shape index (κ1) is 18.7. The molecule has 1 aliphatic heterocycles. The number of ether oxygens (including phenoxy) is 1. The zero-order chi connectivity index (χ0) is 18.6. The van der Waals surface area contributed by atoms with Gasteiger partial charge in [-0.2, -0.15) is 0 Å². The maximum atomic E-state index is 11.8. The fraction of sp³-hybridized carbons (Fsp3) is 0.600. The number of rotatable bonds is 5. The molecule has 3 rings (SSSR count). The average molecular weight is 359 g/mol. The van der Waals surface area contributed by atoms with Crippen LogP contribution in [0.25, 0.3) is 11.1 Å². The summed E-state index contributed by atoms with van der Waals surface area (Å²) in [6.07, 6.45) is 3.48. The van der Waals surface area contributed by atoms with E-state index in [4.69, 9.17) is 9.15 Å². The zero-order valence-corrected chi connectivity index (χ0v) is 16.0. The highest BCUT2D eigenvalue weighted by atomic mass is 16.6. The maximum absolute atomic E-state index is 11.8. The number of likely N-dealkylation sites (tertiary alicyclic amines) is 1. The zero-order valence-electron chi connectivity index (χ0n) is 16.0. The molecule has 1 fully saturated rings. The minimum Gasteiger partial charge on any atom is -0.444 e. The largest absolute Gasteiger partial charge is 0.444 e. The molecule has 0 aliphatic carbocycles. The number of carbonyl (C=O) groups is 1. The van der Waals surface area contributed by atoms with E-state index in [0.29, 0.717) is 0 Å². The Labute approximate surface area is 154 Å². The molecule has 1 amide bonds. The Balaban J connectivity index is 1.35. The van der Waals surface area contributed by atoms with Gasteiger partial charge in [-0.3, -0.25) is 0 Å². The molecule has 1 aromatic carbocycles. The molecule has 2 heterocycles. The molecule has 0 radical (unpaired) electrons. The van der Waals surface area contributed by atoms with E-state index in [2.05, 4.69) is 15.2 Å². The molecule has 142 valence electrons. The Bertz CT molecular complexity index is 694. The summed E-state index contributed by atoms with van der Waals surface area (Å²) in [7, 11) is 0. The molecule has 0 bridgehead atoms. The number of hydrogen-bond donors (Lipinski definition) is 1. The number of benzene rings is 1. The smallest absolute Gasteiger partial charge is 0.407 e. The Kier molecular flexibility index (Phi) is 5.81. The van der Waals surface area contributed by atoms with Crippen molar-refractivity contribution in [2.24, 2.45) is 0 Å². The second-order valence-electron chi connectivity index (χ2n) is 7.94. The molecule has 0 spiro atoms. The van der Waals surface area contributed by atoms with Crippen LogP contribution in [0.3, 0.4) is 0 Å². The number of piperidine rings is 1. The first-order chi connectivity index (χ1) is 12.4. The number of carbonyl (C=O) groups excluding carboxylic acids is 1. The fourth-order valence-corrected chi connectivity index (χ4v) is 3.26. The standard InChI is InChI=1S/C20H29N3O3/c1-20(2,3)26-19(24)21-15-10-13-23(14-11-15)12-6-9-18-22-16-7-4-5-8-17(16)25-18/h4-5,7-8,15H,6,9-14H2,1-3H3,(H,21,24). The highest BCUT2D eigenvalue weighted by Gasteiger charge is 2.23. The normalized spacial score (nSPS) is 16.7. The van der Waals surface area contributed by atoms with Gasteiger partial charge in [0.15, 0.2) is 11.5 Å². The summed E-state index contributed by atoms with van der Waals surface area (Å²) in [4.78, 5) is 18.8. The van der Waals surface area contributed by atoms with Crippen LogP contribution in [0, 0.1) is 0 Å². The van der Waals surface area contributed by atoms with Crippen LogP contribution in [-0.4, -0.2) is 47.3 Å². The molecule has 0 atom stereocenters. The van der Waals surface area contributed by atoms with E-state index < -0.39 is 5.60 Å². The Morgan fingerprint density at radius 2 is 2.04 bits per heavy atom. The second kappa shape index (κ2) is 8.08. The molecular formula is C20H29N3O3. The number of amides is 1. The van der Waals surface area contributed by atoms with Gasteiger partial charge in [-0.25, -0.2) is 9.78 Å². The van der Waals surface area contributed by atoms with E-state index in [-0.39, 0.29) is 12.1 Å². The topological polar surface area (TPSA) is 67.6 Å². The summed E-state index contributed by atoms with van der Waals surface area (Å²) in [6, 6.07) is 8.08. The Hall–Kier alpha value is -2.08. The molecular weight excluding hydrogens is 330 g/mol. The number of hydrogen-bond acceptors (Lipinski definition) is 5. The van der Waals surface area contributed by atoms with Crippen molar-refractivity contribution >= 4 is 17.2 Å². The van der Waals surface area contributed by atoms with Gasteiger partial charge in [-0.15, -0.1) is 0 Å². The summed E-state index contributed by atoms with van der Waals surface area (Å²) >= 11 is 0. The summed E-state index contributed by atoms with van der Waals surface area (Å²) in [5.74, 6) is 0.813. The highest BCUT2D eigenvalue weighted by Crippen LogP contribution is 2.17. The molecule has 6 nitrogen and oxygen atoms in total. The van der Waals surface area contributed by atoms with Gasteiger partial charge in [0, 0.05) is 25.6 Å². The molecule has 1 saturated heterocycles. The van der Waals surface area contributed by atoms with Gasteiger partial charge in [0.2, 0.25) is 0 Å². The van der Waals surface area contributed by atoms with Crippen LogP contribution < -0.4 is 5.32 Å². The summed E-state index contributed by atoms with van der Waals surface area (Å²) < 4.78 is 11.1. The number of fused-ring (bicyclic) bond motifs is 1. The first-order valence-electron chi connectivity index (χ1n) is 9.45. The van der Waals surface area contributed by atoms with Crippen LogP contribution in [0.1, 0.15) is 45.9 Å². The predicted octanol–water partition coefficient (Wildman–Crippen LogP) is 3.75. The van der Waals surface area contributed by atoms with Gasteiger partial charge in [-0.05, 0) is 58.7 Å². The van der Waals surface area contributed by atoms with E-state index in [0.717, 1.165) is 62.3 Å². The minimum atomic E-state index is -0.449. The number of aromatic nitrogens is 1. The lowest BCUT2D eigenvalue weighted by molar-refractivity contribution is 0.0479. The van der Waals surface area contributed by atoms with Crippen molar-refractivity contribution in [3.05, 3.63) is 30.2 Å². The van der Waals surface area contributed by atoms with Crippen LogP contribution in [0.5, 0.6) is 0 Å². The Morgan fingerprint density at radius 3 is 2.73 bits per heavy atom. The van der Waals surface area contributed by atoms with E-state index in [9.17, 15) is 4.79 Å². The van der Waals surface area contributed by atoms with E-state index in [1.807, 2.05) is 45.0 Å². The van der Waals surface area contributed by atoms with E-state index in [1.165, 1.54) is 0 Å². The predicted molar refractivity (Wildman–Crippen MR) is 101 cm³/mol. The van der Waals surface area contributed by atoms with Crippen LogP contribution in [0.2, 0.25) is 0 Å². The number of alkyl carbamates (subject to hydrolysis) is 1. The molecule has 0 unspecified atom stereocenters. The van der Waals surface area contributed by atoms with Crippen LogP contribution in [-0.2, 0) is 11.2 Å². The van der Waals surface area contributed by atoms with Gasteiger partial charge < -0.3 is 19.4 Å². The minimum absolute atomic E-state index is 0.207.